The second-order valence-electron chi connectivity index (χ2n) is 4.83. The molecule has 6 heteroatoms. The van der Waals surface area contributed by atoms with Crippen molar-refractivity contribution in [1.82, 2.24) is 9.88 Å². The van der Waals surface area contributed by atoms with E-state index < -0.39 is 0 Å². The number of aromatic nitrogens is 1. The molecular formula is C16H15ClN2O2S. The van der Waals surface area contributed by atoms with Crippen LogP contribution in [0.5, 0.6) is 5.75 Å². The number of rotatable bonds is 4. The first-order chi connectivity index (χ1) is 10.7. The molecular weight excluding hydrogens is 320 g/mol. The summed E-state index contributed by atoms with van der Waals surface area (Å²) >= 11 is 7.59. The Labute approximate surface area is 138 Å². The van der Waals surface area contributed by atoms with Gasteiger partial charge in [0, 0.05) is 29.7 Å². The van der Waals surface area contributed by atoms with Gasteiger partial charge in [0.15, 0.2) is 6.61 Å². The van der Waals surface area contributed by atoms with Crippen LogP contribution in [0.3, 0.4) is 0 Å². The van der Waals surface area contributed by atoms with Crippen LogP contribution in [0, 0.1) is 0 Å². The molecule has 0 spiro atoms. The minimum atomic E-state index is -0.0123. The van der Waals surface area contributed by atoms with E-state index >= 15 is 0 Å². The maximum absolute atomic E-state index is 12.4. The number of nitrogens with zero attached hydrogens (tertiary/aromatic N) is 2. The van der Waals surface area contributed by atoms with E-state index in [1.807, 2.05) is 17.0 Å². The number of ether oxygens (including phenoxy) is 1. The largest absolute Gasteiger partial charge is 0.484 e. The minimum Gasteiger partial charge on any atom is -0.484 e. The molecule has 1 saturated heterocycles. The second-order valence-corrected chi connectivity index (χ2v) is 6.46. The molecule has 2 heterocycles. The Morgan fingerprint density at radius 3 is 2.73 bits per heavy atom. The van der Waals surface area contributed by atoms with Gasteiger partial charge in [-0.25, -0.2) is 0 Å². The predicted molar refractivity (Wildman–Crippen MR) is 88.1 cm³/mol. The molecule has 1 aliphatic heterocycles. The number of halogens is 1. The zero-order valence-corrected chi connectivity index (χ0v) is 13.4. The predicted octanol–water partition coefficient (Wildman–Crippen LogP) is 3.39. The van der Waals surface area contributed by atoms with Crippen LogP contribution in [-0.2, 0) is 4.79 Å². The summed E-state index contributed by atoms with van der Waals surface area (Å²) in [6.45, 7) is 0.768. The Bertz CT molecular complexity index is 636. The lowest BCUT2D eigenvalue weighted by Gasteiger charge is -2.24. The van der Waals surface area contributed by atoms with E-state index in [4.69, 9.17) is 16.3 Å². The number of carbonyl (C=O) groups excluding carboxylic acids is 1. The quantitative estimate of drug-likeness (QED) is 0.859. The van der Waals surface area contributed by atoms with Crippen LogP contribution in [0.2, 0.25) is 5.02 Å². The van der Waals surface area contributed by atoms with Gasteiger partial charge in [-0.3, -0.25) is 9.78 Å². The second kappa shape index (κ2) is 7.03. The maximum Gasteiger partial charge on any atom is 0.261 e. The van der Waals surface area contributed by atoms with Gasteiger partial charge >= 0.3 is 0 Å². The van der Waals surface area contributed by atoms with Gasteiger partial charge in [-0.2, -0.15) is 0 Å². The molecule has 0 radical (unpaired) electrons. The molecule has 1 aromatic heterocycles. The number of pyridine rings is 1. The highest BCUT2D eigenvalue weighted by atomic mass is 35.5. The van der Waals surface area contributed by atoms with Crippen molar-refractivity contribution >= 4 is 29.3 Å². The molecule has 22 heavy (non-hydrogen) atoms. The monoisotopic (exact) mass is 334 g/mol. The third-order valence-electron chi connectivity index (χ3n) is 3.38. The van der Waals surface area contributed by atoms with Crippen LogP contribution in [0.1, 0.15) is 10.9 Å². The van der Waals surface area contributed by atoms with Gasteiger partial charge < -0.3 is 9.64 Å². The molecule has 0 bridgehead atoms. The van der Waals surface area contributed by atoms with Crippen LogP contribution in [-0.4, -0.2) is 34.7 Å². The fraction of sp³-hybridized carbons (Fsp3) is 0.250. The van der Waals surface area contributed by atoms with Crippen molar-refractivity contribution in [3.63, 3.8) is 0 Å². The van der Waals surface area contributed by atoms with Crippen molar-refractivity contribution in [2.24, 2.45) is 0 Å². The molecule has 0 aliphatic carbocycles. The van der Waals surface area contributed by atoms with E-state index in [2.05, 4.69) is 4.98 Å². The molecule has 1 aromatic carbocycles. The zero-order chi connectivity index (χ0) is 15.4. The van der Waals surface area contributed by atoms with Crippen LogP contribution in [0.4, 0.5) is 0 Å². The highest BCUT2D eigenvalue weighted by Gasteiger charge is 2.30. The van der Waals surface area contributed by atoms with E-state index in [9.17, 15) is 4.79 Å². The lowest BCUT2D eigenvalue weighted by Crippen LogP contribution is -2.34. The molecule has 0 saturated carbocycles. The summed E-state index contributed by atoms with van der Waals surface area (Å²) in [5.41, 5.74) is 1.09. The summed E-state index contributed by atoms with van der Waals surface area (Å²) in [5.74, 6) is 1.56. The van der Waals surface area contributed by atoms with Crippen molar-refractivity contribution in [3.8, 4) is 5.75 Å². The highest BCUT2D eigenvalue weighted by molar-refractivity contribution is 7.99. The Hall–Kier alpha value is -1.72. The summed E-state index contributed by atoms with van der Waals surface area (Å²) in [5, 5.41) is 0.691. The summed E-state index contributed by atoms with van der Waals surface area (Å²) in [4.78, 5) is 18.3. The fourth-order valence-electron chi connectivity index (χ4n) is 2.29. The van der Waals surface area contributed by atoms with Crippen molar-refractivity contribution in [1.29, 1.82) is 0 Å². The molecule has 1 fully saturated rings. The topological polar surface area (TPSA) is 42.4 Å². The molecule has 1 atom stereocenters. The Morgan fingerprint density at radius 2 is 2.00 bits per heavy atom. The van der Waals surface area contributed by atoms with Crippen LogP contribution in [0.15, 0.2) is 48.8 Å². The van der Waals surface area contributed by atoms with Crippen LogP contribution >= 0.6 is 23.4 Å². The number of hydrogen-bond acceptors (Lipinski definition) is 4. The van der Waals surface area contributed by atoms with Gasteiger partial charge in [0.25, 0.3) is 5.91 Å². The number of amides is 1. The summed E-state index contributed by atoms with van der Waals surface area (Å²) in [6, 6.07) is 10.9. The number of benzene rings is 1. The molecule has 0 N–H and O–H groups in total. The van der Waals surface area contributed by atoms with Gasteiger partial charge in [0.2, 0.25) is 0 Å². The SMILES string of the molecule is O=C(COc1ccc(Cl)cc1)N1CCS[C@@H]1c1ccncc1. The summed E-state index contributed by atoms with van der Waals surface area (Å²) in [6.07, 6.45) is 3.50. The molecule has 4 nitrogen and oxygen atoms in total. The number of thioether (sulfide) groups is 1. The smallest absolute Gasteiger partial charge is 0.261 e. The lowest BCUT2D eigenvalue weighted by molar-refractivity contribution is -0.133. The van der Waals surface area contributed by atoms with E-state index in [0.29, 0.717) is 10.8 Å². The van der Waals surface area contributed by atoms with Crippen molar-refractivity contribution in [2.45, 2.75) is 5.37 Å². The molecule has 2 aromatic rings. The molecule has 0 unspecified atom stereocenters. The first-order valence-electron chi connectivity index (χ1n) is 6.93. The number of hydrogen-bond donors (Lipinski definition) is 0. The average Bonchev–Trinajstić information content (AvgIpc) is 3.04. The van der Waals surface area contributed by atoms with Gasteiger partial charge in [-0.05, 0) is 42.0 Å². The third-order valence-corrected chi connectivity index (χ3v) is 4.89. The van der Waals surface area contributed by atoms with E-state index in [1.165, 1.54) is 0 Å². The number of carbonyl (C=O) groups is 1. The Kier molecular flexibility index (Phi) is 4.85. The first kappa shape index (κ1) is 15.2. The van der Waals surface area contributed by atoms with Gasteiger partial charge in [-0.15, -0.1) is 11.8 Å². The third kappa shape index (κ3) is 3.54. The minimum absolute atomic E-state index is 0.0123. The highest BCUT2D eigenvalue weighted by Crippen LogP contribution is 2.37. The van der Waals surface area contributed by atoms with Crippen molar-refractivity contribution in [2.75, 3.05) is 18.9 Å². The van der Waals surface area contributed by atoms with Gasteiger partial charge in [-0.1, -0.05) is 11.6 Å². The average molecular weight is 335 g/mol. The van der Waals surface area contributed by atoms with Crippen LogP contribution in [0.25, 0.3) is 0 Å². The molecule has 3 rings (SSSR count). The fourth-order valence-corrected chi connectivity index (χ4v) is 3.69. The summed E-state index contributed by atoms with van der Waals surface area (Å²) in [7, 11) is 0. The van der Waals surface area contributed by atoms with Crippen LogP contribution < -0.4 is 4.74 Å². The van der Waals surface area contributed by atoms with Gasteiger partial charge in [0.05, 0.1) is 0 Å². The van der Waals surface area contributed by atoms with Crippen molar-refractivity contribution < 1.29 is 9.53 Å². The van der Waals surface area contributed by atoms with E-state index in [-0.39, 0.29) is 17.9 Å². The molecule has 1 amide bonds. The standard InChI is InChI=1S/C16H15ClN2O2S/c17-13-1-3-14(4-2-13)21-11-15(20)19-9-10-22-16(19)12-5-7-18-8-6-12/h1-8,16H,9-11H2/t16-/m1/s1. The molecule has 114 valence electrons. The molecule has 1 aliphatic rings. The Balaban J connectivity index is 1.62. The summed E-state index contributed by atoms with van der Waals surface area (Å²) < 4.78 is 5.55. The zero-order valence-electron chi connectivity index (χ0n) is 11.8. The van der Waals surface area contributed by atoms with E-state index in [1.54, 1.807) is 48.4 Å². The first-order valence-corrected chi connectivity index (χ1v) is 8.36. The van der Waals surface area contributed by atoms with E-state index in [0.717, 1.165) is 17.9 Å². The van der Waals surface area contributed by atoms with Crippen molar-refractivity contribution in [3.05, 3.63) is 59.4 Å². The lowest BCUT2D eigenvalue weighted by atomic mass is 10.2. The Morgan fingerprint density at radius 1 is 1.27 bits per heavy atom. The van der Waals surface area contributed by atoms with Gasteiger partial charge in [0.1, 0.15) is 11.1 Å². The maximum atomic E-state index is 12.4. The normalized spacial score (nSPS) is 17.5.